The predicted octanol–water partition coefficient (Wildman–Crippen LogP) is 1.75. The molecule has 0 heterocycles. The van der Waals surface area contributed by atoms with Crippen molar-refractivity contribution in [3.05, 3.63) is 0 Å². The molecule has 0 aromatic carbocycles. The van der Waals surface area contributed by atoms with Crippen molar-refractivity contribution >= 4 is 0 Å². The summed E-state index contributed by atoms with van der Waals surface area (Å²) in [7, 11) is 3.16. The van der Waals surface area contributed by atoms with E-state index in [0.717, 1.165) is 0 Å². The van der Waals surface area contributed by atoms with Crippen molar-refractivity contribution < 1.29 is 13.9 Å². The van der Waals surface area contributed by atoms with Crippen molar-refractivity contribution in [2.24, 2.45) is 11.7 Å². The van der Waals surface area contributed by atoms with Gasteiger partial charge in [0.05, 0.1) is 6.61 Å². The second-order valence-corrected chi connectivity index (χ2v) is 4.04. The third-order valence-electron chi connectivity index (χ3n) is 2.82. The Morgan fingerprint density at radius 3 is 2.47 bits per heavy atom. The molecule has 15 heavy (non-hydrogen) atoms. The quantitative estimate of drug-likeness (QED) is 0.645. The molecule has 92 valence electrons. The highest BCUT2D eigenvalue weighted by Crippen LogP contribution is 2.30. The Bertz CT molecular complexity index is 158. The Balaban J connectivity index is 4.18. The average molecular weight is 221 g/mol. The number of rotatable bonds is 9. The van der Waals surface area contributed by atoms with Crippen molar-refractivity contribution in [2.45, 2.75) is 31.9 Å². The van der Waals surface area contributed by atoms with Crippen molar-refractivity contribution in [3.8, 4) is 0 Å². The Morgan fingerprint density at radius 1 is 1.33 bits per heavy atom. The molecule has 0 radical (unpaired) electrons. The summed E-state index contributed by atoms with van der Waals surface area (Å²) in [5.74, 6) is -0.0658. The zero-order valence-corrected chi connectivity index (χ0v) is 10.1. The van der Waals surface area contributed by atoms with Crippen molar-refractivity contribution in [1.29, 1.82) is 0 Å². The molecule has 0 aliphatic heterocycles. The Kier molecular flexibility index (Phi) is 7.92. The van der Waals surface area contributed by atoms with Crippen molar-refractivity contribution in [2.75, 3.05) is 34.0 Å². The molecule has 0 saturated carbocycles. The predicted molar refractivity (Wildman–Crippen MR) is 59.7 cm³/mol. The number of methoxy groups -OCH3 is 2. The van der Waals surface area contributed by atoms with Crippen LogP contribution in [-0.4, -0.2) is 39.6 Å². The molecule has 0 spiro atoms. The standard InChI is InChI=1S/C11H24FNO2/c1-10(5-8-14-2)11(12,9-15-3)6-4-7-13/h10H,4-9,13H2,1-3H3. The van der Waals surface area contributed by atoms with E-state index in [1.165, 1.54) is 7.11 Å². The van der Waals surface area contributed by atoms with Crippen LogP contribution in [0, 0.1) is 5.92 Å². The monoisotopic (exact) mass is 221 g/mol. The fraction of sp³-hybridized carbons (Fsp3) is 1.00. The number of alkyl halides is 1. The second-order valence-electron chi connectivity index (χ2n) is 4.04. The van der Waals surface area contributed by atoms with Crippen LogP contribution >= 0.6 is 0 Å². The third kappa shape index (κ3) is 5.44. The highest BCUT2D eigenvalue weighted by molar-refractivity contribution is 4.84. The molecular weight excluding hydrogens is 197 g/mol. The first-order valence-corrected chi connectivity index (χ1v) is 5.47. The van der Waals surface area contributed by atoms with Gasteiger partial charge in [0.1, 0.15) is 5.67 Å². The summed E-state index contributed by atoms with van der Waals surface area (Å²) in [6.45, 7) is 3.14. The minimum atomic E-state index is -1.27. The fourth-order valence-corrected chi connectivity index (χ4v) is 1.65. The molecule has 0 bridgehead atoms. The summed E-state index contributed by atoms with van der Waals surface area (Å²) in [6.07, 6.45) is 1.86. The van der Waals surface area contributed by atoms with Gasteiger partial charge in [-0.3, -0.25) is 0 Å². The SMILES string of the molecule is COCCC(C)C(F)(CCCN)COC. The van der Waals surface area contributed by atoms with Gasteiger partial charge in [-0.2, -0.15) is 0 Å². The summed E-state index contributed by atoms with van der Waals surface area (Å²) in [6, 6.07) is 0. The normalized spacial score (nSPS) is 17.4. The van der Waals surface area contributed by atoms with Crippen LogP contribution in [0.4, 0.5) is 4.39 Å². The molecule has 4 heteroatoms. The van der Waals surface area contributed by atoms with Gasteiger partial charge in [-0.05, 0) is 31.7 Å². The molecule has 0 amide bonds. The van der Waals surface area contributed by atoms with E-state index in [9.17, 15) is 4.39 Å². The average Bonchev–Trinajstić information content (AvgIpc) is 2.23. The van der Waals surface area contributed by atoms with Gasteiger partial charge in [0.2, 0.25) is 0 Å². The minimum Gasteiger partial charge on any atom is -0.385 e. The molecule has 2 N–H and O–H groups in total. The number of hydrogen-bond acceptors (Lipinski definition) is 3. The van der Waals surface area contributed by atoms with Gasteiger partial charge in [0.15, 0.2) is 0 Å². The molecule has 0 fully saturated rings. The molecule has 0 aliphatic rings. The lowest BCUT2D eigenvalue weighted by atomic mass is 9.85. The van der Waals surface area contributed by atoms with Crippen molar-refractivity contribution in [1.82, 2.24) is 0 Å². The first kappa shape index (κ1) is 14.8. The van der Waals surface area contributed by atoms with Crippen LogP contribution in [0.3, 0.4) is 0 Å². The van der Waals surface area contributed by atoms with Crippen LogP contribution < -0.4 is 5.73 Å². The van der Waals surface area contributed by atoms with Gasteiger partial charge in [-0.1, -0.05) is 6.92 Å². The largest absolute Gasteiger partial charge is 0.385 e. The molecular formula is C11H24FNO2. The number of halogens is 1. The van der Waals surface area contributed by atoms with Gasteiger partial charge < -0.3 is 15.2 Å². The highest BCUT2D eigenvalue weighted by atomic mass is 19.1. The zero-order chi connectivity index (χ0) is 11.7. The summed E-state index contributed by atoms with van der Waals surface area (Å²) in [4.78, 5) is 0. The van der Waals surface area contributed by atoms with Gasteiger partial charge >= 0.3 is 0 Å². The molecule has 0 aliphatic carbocycles. The van der Waals surface area contributed by atoms with E-state index in [-0.39, 0.29) is 12.5 Å². The van der Waals surface area contributed by atoms with Crippen molar-refractivity contribution in [3.63, 3.8) is 0 Å². The highest BCUT2D eigenvalue weighted by Gasteiger charge is 2.35. The lowest BCUT2D eigenvalue weighted by Gasteiger charge is -2.31. The van der Waals surface area contributed by atoms with E-state index in [4.69, 9.17) is 15.2 Å². The Morgan fingerprint density at radius 2 is 2.00 bits per heavy atom. The number of hydrogen-bond donors (Lipinski definition) is 1. The fourth-order valence-electron chi connectivity index (χ4n) is 1.65. The van der Waals surface area contributed by atoms with Crippen LogP contribution in [0.2, 0.25) is 0 Å². The van der Waals surface area contributed by atoms with E-state index in [0.29, 0.717) is 32.4 Å². The molecule has 0 saturated heterocycles. The van der Waals surface area contributed by atoms with Crippen LogP contribution in [0.1, 0.15) is 26.2 Å². The Hall–Kier alpha value is -0.190. The maximum Gasteiger partial charge on any atom is 0.136 e. The lowest BCUT2D eigenvalue weighted by molar-refractivity contribution is -0.0160. The molecule has 0 aromatic heterocycles. The minimum absolute atomic E-state index is 0.0658. The zero-order valence-electron chi connectivity index (χ0n) is 10.1. The number of ether oxygens (including phenoxy) is 2. The summed E-state index contributed by atoms with van der Waals surface area (Å²) >= 11 is 0. The molecule has 2 unspecified atom stereocenters. The maximum absolute atomic E-state index is 14.5. The molecule has 2 atom stereocenters. The molecule has 0 aromatic rings. The van der Waals surface area contributed by atoms with Crippen LogP contribution in [-0.2, 0) is 9.47 Å². The Labute approximate surface area is 92.1 Å². The maximum atomic E-state index is 14.5. The lowest BCUT2D eigenvalue weighted by Crippen LogP contribution is -2.37. The van der Waals surface area contributed by atoms with Gasteiger partial charge in [-0.15, -0.1) is 0 Å². The second kappa shape index (κ2) is 8.02. The van der Waals surface area contributed by atoms with E-state index in [2.05, 4.69) is 0 Å². The van der Waals surface area contributed by atoms with Crippen LogP contribution in [0.15, 0.2) is 0 Å². The smallest absolute Gasteiger partial charge is 0.136 e. The van der Waals surface area contributed by atoms with Gasteiger partial charge in [0.25, 0.3) is 0 Å². The summed E-state index contributed by atoms with van der Waals surface area (Å²) in [5.41, 5.74) is 4.13. The first-order chi connectivity index (χ1) is 7.10. The first-order valence-electron chi connectivity index (χ1n) is 5.47. The van der Waals surface area contributed by atoms with E-state index < -0.39 is 5.67 Å². The van der Waals surface area contributed by atoms with E-state index >= 15 is 0 Å². The van der Waals surface area contributed by atoms with E-state index in [1.54, 1.807) is 7.11 Å². The topological polar surface area (TPSA) is 44.5 Å². The molecule has 3 nitrogen and oxygen atoms in total. The number of nitrogens with two attached hydrogens (primary N) is 1. The summed E-state index contributed by atoms with van der Waals surface area (Å²) < 4.78 is 24.4. The van der Waals surface area contributed by atoms with Crippen LogP contribution in [0.25, 0.3) is 0 Å². The van der Waals surface area contributed by atoms with Gasteiger partial charge in [-0.25, -0.2) is 4.39 Å². The van der Waals surface area contributed by atoms with Crippen LogP contribution in [0.5, 0.6) is 0 Å². The molecule has 0 rings (SSSR count). The summed E-state index contributed by atoms with van der Waals surface area (Å²) in [5, 5.41) is 0. The third-order valence-corrected chi connectivity index (χ3v) is 2.82. The van der Waals surface area contributed by atoms with Gasteiger partial charge in [0, 0.05) is 20.8 Å². The van der Waals surface area contributed by atoms with E-state index in [1.807, 2.05) is 6.92 Å².